The van der Waals surface area contributed by atoms with Crippen molar-refractivity contribution in [3.05, 3.63) is 101 Å². The number of ketones is 1. The number of aliphatic hydroxyl groups is 1. The summed E-state index contributed by atoms with van der Waals surface area (Å²) in [6.45, 7) is 3.94. The van der Waals surface area contributed by atoms with Crippen LogP contribution in [0, 0.1) is 13.8 Å². The number of aliphatic hydroxyl groups excluding tert-OH is 1. The summed E-state index contributed by atoms with van der Waals surface area (Å²) >= 11 is 1.32. The molecule has 0 radical (unpaired) electrons. The maximum absolute atomic E-state index is 13.7. The van der Waals surface area contributed by atoms with Gasteiger partial charge in [-0.05, 0) is 60.9 Å². The van der Waals surface area contributed by atoms with Crippen LogP contribution in [0.3, 0.4) is 0 Å². The number of hydrogen-bond donors (Lipinski definition) is 2. The Balaban J connectivity index is 1.52. The largest absolute Gasteiger partial charge is 0.508 e. The van der Waals surface area contributed by atoms with E-state index < -0.39 is 23.5 Å². The van der Waals surface area contributed by atoms with Crippen LogP contribution in [0.25, 0.3) is 21.2 Å². The maximum Gasteiger partial charge on any atom is 0.296 e. The van der Waals surface area contributed by atoms with Gasteiger partial charge in [0.1, 0.15) is 11.3 Å². The summed E-state index contributed by atoms with van der Waals surface area (Å²) in [6, 6.07) is 18.0. The number of rotatable bonds is 4. The first kappa shape index (κ1) is 22.1. The fourth-order valence-corrected chi connectivity index (χ4v) is 5.86. The molecule has 178 valence electrons. The number of para-hydroxylation sites is 1. The number of Topliss-reactive ketones (excluding diaryl/α,β-unsaturated/α-hetero) is 1. The van der Waals surface area contributed by atoms with Crippen molar-refractivity contribution in [2.75, 3.05) is 4.90 Å². The molecule has 6 rings (SSSR count). The van der Waals surface area contributed by atoms with Gasteiger partial charge >= 0.3 is 0 Å². The number of phenolic OH excluding ortho intramolecular Hbond substituents is 1. The number of carbonyl (C=O) groups excluding carboxylic acids is 2. The molecule has 0 saturated carbocycles. The van der Waals surface area contributed by atoms with E-state index in [0.717, 1.165) is 26.7 Å². The molecule has 0 saturated heterocycles. The number of fused-ring (bicyclic) bond motifs is 2. The van der Waals surface area contributed by atoms with Crippen LogP contribution in [-0.4, -0.2) is 26.9 Å². The molecule has 0 aliphatic carbocycles. The third-order valence-electron chi connectivity index (χ3n) is 6.34. The molecule has 1 aliphatic heterocycles. The molecular weight excluding hydrogens is 476 g/mol. The molecule has 0 unspecified atom stereocenters. The second kappa shape index (κ2) is 8.07. The van der Waals surface area contributed by atoms with Crippen LogP contribution in [0.1, 0.15) is 33.3 Å². The minimum absolute atomic E-state index is 0.0203. The highest BCUT2D eigenvalue weighted by molar-refractivity contribution is 7.22. The molecule has 36 heavy (non-hydrogen) atoms. The molecule has 3 aromatic carbocycles. The minimum Gasteiger partial charge on any atom is -0.508 e. The lowest BCUT2D eigenvalue weighted by molar-refractivity contribution is -0.117. The highest BCUT2D eigenvalue weighted by Gasteiger charge is 2.46. The van der Waals surface area contributed by atoms with E-state index in [1.807, 2.05) is 38.1 Å². The Labute approximate surface area is 209 Å². The van der Waals surface area contributed by atoms with Crippen molar-refractivity contribution < 1.29 is 24.2 Å². The van der Waals surface area contributed by atoms with Gasteiger partial charge in [-0.3, -0.25) is 14.5 Å². The monoisotopic (exact) mass is 496 g/mol. The summed E-state index contributed by atoms with van der Waals surface area (Å²) in [7, 11) is 0. The number of thiazole rings is 1. The fraction of sp³-hybridized carbons (Fsp3) is 0.107. The van der Waals surface area contributed by atoms with Crippen molar-refractivity contribution in [2.45, 2.75) is 19.9 Å². The van der Waals surface area contributed by atoms with Crippen LogP contribution in [0.2, 0.25) is 0 Å². The number of hydrogen-bond acceptors (Lipinski definition) is 7. The molecule has 2 aromatic heterocycles. The third kappa shape index (κ3) is 3.37. The van der Waals surface area contributed by atoms with Gasteiger partial charge in [0, 0.05) is 5.39 Å². The van der Waals surface area contributed by atoms with Crippen LogP contribution < -0.4 is 4.90 Å². The summed E-state index contributed by atoms with van der Waals surface area (Å²) in [6.07, 6.45) is 0. The maximum atomic E-state index is 13.7. The van der Waals surface area contributed by atoms with E-state index in [9.17, 15) is 19.8 Å². The Kier molecular flexibility index (Phi) is 4.94. The van der Waals surface area contributed by atoms with E-state index >= 15 is 0 Å². The third-order valence-corrected chi connectivity index (χ3v) is 7.34. The van der Waals surface area contributed by atoms with Gasteiger partial charge in [-0.15, -0.1) is 0 Å². The van der Waals surface area contributed by atoms with Crippen LogP contribution in [0.15, 0.2) is 82.5 Å². The number of phenols is 1. The number of furan rings is 1. The molecule has 0 bridgehead atoms. The summed E-state index contributed by atoms with van der Waals surface area (Å²) in [4.78, 5) is 33.2. The normalized spacial score (nSPS) is 16.0. The van der Waals surface area contributed by atoms with E-state index in [4.69, 9.17) is 9.40 Å². The Hall–Kier alpha value is -4.43. The van der Waals surface area contributed by atoms with E-state index in [2.05, 4.69) is 0 Å². The Morgan fingerprint density at radius 2 is 1.78 bits per heavy atom. The topological polar surface area (TPSA) is 104 Å². The van der Waals surface area contributed by atoms with Gasteiger partial charge in [-0.1, -0.05) is 47.7 Å². The zero-order valence-electron chi connectivity index (χ0n) is 19.4. The number of carbonyl (C=O) groups is 2. The van der Waals surface area contributed by atoms with Crippen LogP contribution in [0.5, 0.6) is 5.75 Å². The van der Waals surface area contributed by atoms with Gasteiger partial charge < -0.3 is 14.6 Å². The molecule has 1 aliphatic rings. The van der Waals surface area contributed by atoms with E-state index in [0.29, 0.717) is 16.3 Å². The van der Waals surface area contributed by atoms with Gasteiger partial charge in [0.25, 0.3) is 5.91 Å². The lowest BCUT2D eigenvalue weighted by atomic mass is 9.95. The smallest absolute Gasteiger partial charge is 0.296 e. The number of aromatic nitrogens is 1. The molecule has 1 atom stereocenters. The predicted octanol–water partition coefficient (Wildman–Crippen LogP) is 6.15. The summed E-state index contributed by atoms with van der Waals surface area (Å²) in [5, 5.41) is 21.9. The average molecular weight is 497 g/mol. The molecule has 3 heterocycles. The van der Waals surface area contributed by atoms with E-state index in [-0.39, 0.29) is 17.1 Å². The van der Waals surface area contributed by atoms with E-state index in [1.54, 1.807) is 30.3 Å². The van der Waals surface area contributed by atoms with Gasteiger partial charge in [0.05, 0.1) is 21.8 Å². The first-order chi connectivity index (χ1) is 17.3. The molecule has 5 aromatic rings. The first-order valence-electron chi connectivity index (χ1n) is 11.3. The number of amides is 1. The molecule has 0 fully saturated rings. The molecule has 2 N–H and O–H groups in total. The first-order valence-corrected chi connectivity index (χ1v) is 12.1. The standard InChI is InChI=1S/C28H20N2O5S/c1-14-11-15(2)23-21(12-14)36-28(29-23)30-24(16-7-9-18(31)10-8-16)22(26(33)27(30)34)25(32)20-13-17-5-3-4-6-19(17)35-20/h3-13,24,31,33H,1-2H3/t24-/m1/s1. The number of aromatic hydroxyl groups is 1. The van der Waals surface area contributed by atoms with E-state index in [1.165, 1.54) is 28.4 Å². The number of anilines is 1. The van der Waals surface area contributed by atoms with Crippen molar-refractivity contribution in [3.8, 4) is 5.75 Å². The highest BCUT2D eigenvalue weighted by Crippen LogP contribution is 2.45. The van der Waals surface area contributed by atoms with Gasteiger partial charge in [-0.25, -0.2) is 4.98 Å². The van der Waals surface area contributed by atoms with Crippen molar-refractivity contribution in [1.29, 1.82) is 0 Å². The zero-order chi connectivity index (χ0) is 25.1. The molecule has 1 amide bonds. The molecule has 8 heteroatoms. The van der Waals surface area contributed by atoms with Gasteiger partial charge in [0.2, 0.25) is 5.78 Å². The predicted molar refractivity (Wildman–Crippen MR) is 138 cm³/mol. The van der Waals surface area contributed by atoms with Gasteiger partial charge in [0.15, 0.2) is 16.7 Å². The Morgan fingerprint density at radius 3 is 2.53 bits per heavy atom. The summed E-state index contributed by atoms with van der Waals surface area (Å²) < 4.78 is 6.67. The Morgan fingerprint density at radius 1 is 1.03 bits per heavy atom. The lowest BCUT2D eigenvalue weighted by Crippen LogP contribution is -2.30. The number of benzene rings is 3. The van der Waals surface area contributed by atoms with Crippen LogP contribution in [-0.2, 0) is 4.79 Å². The van der Waals surface area contributed by atoms with Crippen molar-refractivity contribution in [2.24, 2.45) is 0 Å². The summed E-state index contributed by atoms with van der Waals surface area (Å²) in [5.74, 6) is -1.90. The lowest BCUT2D eigenvalue weighted by Gasteiger charge is -2.24. The quantitative estimate of drug-likeness (QED) is 0.289. The Bertz CT molecular complexity index is 1700. The number of aryl methyl sites for hydroxylation is 2. The van der Waals surface area contributed by atoms with Crippen LogP contribution >= 0.6 is 11.3 Å². The second-order valence-corrected chi connectivity index (χ2v) is 9.84. The van der Waals surface area contributed by atoms with Crippen molar-refractivity contribution in [1.82, 2.24) is 4.98 Å². The highest BCUT2D eigenvalue weighted by atomic mass is 32.1. The fourth-order valence-electron chi connectivity index (χ4n) is 4.69. The van der Waals surface area contributed by atoms with Crippen molar-refractivity contribution in [3.63, 3.8) is 0 Å². The van der Waals surface area contributed by atoms with Gasteiger partial charge in [-0.2, -0.15) is 0 Å². The minimum atomic E-state index is -0.958. The zero-order valence-corrected chi connectivity index (χ0v) is 20.2. The summed E-state index contributed by atoms with van der Waals surface area (Å²) in [5.41, 5.74) is 3.76. The molecule has 0 spiro atoms. The average Bonchev–Trinajstić information content (AvgIpc) is 3.54. The second-order valence-electron chi connectivity index (χ2n) is 8.83. The SMILES string of the molecule is Cc1cc(C)c2nc(N3C(=O)C(O)=C(C(=O)c4cc5ccccc5o4)[C@H]3c3ccc(O)cc3)sc2c1. The van der Waals surface area contributed by atoms with Crippen LogP contribution in [0.4, 0.5) is 5.13 Å². The molecular formula is C28H20N2O5S. The number of nitrogens with zero attached hydrogens (tertiary/aromatic N) is 2. The molecule has 7 nitrogen and oxygen atoms in total. The van der Waals surface area contributed by atoms with Crippen molar-refractivity contribution >= 4 is 49.3 Å².